The lowest BCUT2D eigenvalue weighted by atomic mass is 10.2. The zero-order valence-electron chi connectivity index (χ0n) is 13.7. The number of amides is 1. The minimum Gasteiger partial charge on any atom is -0.475 e. The maximum atomic E-state index is 12.3. The number of carboxylic acids is 1. The van der Waals surface area contributed by atoms with E-state index < -0.39 is 12.1 Å². The number of piperazine rings is 1. The number of aliphatic carboxylic acids is 1. The third kappa shape index (κ3) is 5.30. The molecule has 0 bridgehead atoms. The smallest absolute Gasteiger partial charge is 0.475 e. The molecule has 1 fully saturated rings. The first kappa shape index (κ1) is 19.9. The zero-order chi connectivity index (χ0) is 19.3. The van der Waals surface area contributed by atoms with Crippen molar-refractivity contribution in [2.75, 3.05) is 33.2 Å². The van der Waals surface area contributed by atoms with Crippen LogP contribution in [0.5, 0.6) is 0 Å². The standard InChI is InChI=1S/C13H15N3O2S.C2HF3O2/c1-15-4-6-16(7-5-15)13(17)10-9-11(18-14-10)12-3-2-8-19-12;3-2(4,5)1(6)7/h2-3,8-9H,4-7H2,1H3;(H,6,7). The Kier molecular flexibility index (Phi) is 6.37. The second-order valence-corrected chi connectivity index (χ2v) is 6.40. The fourth-order valence-electron chi connectivity index (χ4n) is 2.08. The summed E-state index contributed by atoms with van der Waals surface area (Å²) in [5.74, 6) is -2.14. The number of hydrogen-bond donors (Lipinski definition) is 1. The fourth-order valence-corrected chi connectivity index (χ4v) is 2.76. The number of carbonyl (C=O) groups is 2. The highest BCUT2D eigenvalue weighted by Crippen LogP contribution is 2.25. The molecule has 1 aliphatic heterocycles. The van der Waals surface area contributed by atoms with Gasteiger partial charge in [-0.1, -0.05) is 11.2 Å². The first-order chi connectivity index (χ1) is 12.2. The van der Waals surface area contributed by atoms with Crippen LogP contribution in [0.3, 0.4) is 0 Å². The van der Waals surface area contributed by atoms with Gasteiger partial charge in [-0.05, 0) is 18.5 Å². The number of nitrogens with zero attached hydrogens (tertiary/aromatic N) is 3. The summed E-state index contributed by atoms with van der Waals surface area (Å²) in [6, 6.07) is 5.63. The van der Waals surface area contributed by atoms with Crippen LogP contribution in [0.4, 0.5) is 13.2 Å². The van der Waals surface area contributed by atoms with Gasteiger partial charge in [-0.25, -0.2) is 4.79 Å². The van der Waals surface area contributed by atoms with Crippen molar-refractivity contribution in [3.05, 3.63) is 29.3 Å². The third-order valence-electron chi connectivity index (χ3n) is 3.53. The first-order valence-electron chi connectivity index (χ1n) is 7.47. The number of thiophene rings is 1. The van der Waals surface area contributed by atoms with Gasteiger partial charge in [0.1, 0.15) is 0 Å². The Bertz CT molecular complexity index is 738. The molecular weight excluding hydrogens is 375 g/mol. The molecule has 26 heavy (non-hydrogen) atoms. The van der Waals surface area contributed by atoms with Crippen LogP contribution >= 0.6 is 11.3 Å². The number of halogens is 3. The largest absolute Gasteiger partial charge is 0.490 e. The quantitative estimate of drug-likeness (QED) is 0.846. The van der Waals surface area contributed by atoms with E-state index in [4.69, 9.17) is 14.4 Å². The molecule has 0 aliphatic carbocycles. The Balaban J connectivity index is 0.000000298. The minimum atomic E-state index is -5.08. The van der Waals surface area contributed by atoms with Crippen LogP contribution in [0.1, 0.15) is 10.5 Å². The van der Waals surface area contributed by atoms with Crippen molar-refractivity contribution in [3.63, 3.8) is 0 Å². The zero-order valence-corrected chi connectivity index (χ0v) is 14.5. The molecule has 0 atom stereocenters. The van der Waals surface area contributed by atoms with Crippen LogP contribution in [0, 0.1) is 0 Å². The van der Waals surface area contributed by atoms with E-state index in [2.05, 4.69) is 17.1 Å². The summed E-state index contributed by atoms with van der Waals surface area (Å²) in [7, 11) is 2.06. The summed E-state index contributed by atoms with van der Waals surface area (Å²) in [4.78, 5) is 26.2. The molecule has 1 saturated heterocycles. The molecule has 0 aromatic carbocycles. The molecule has 11 heteroatoms. The van der Waals surface area contributed by atoms with Crippen molar-refractivity contribution in [1.82, 2.24) is 15.0 Å². The van der Waals surface area contributed by atoms with Crippen LogP contribution in [-0.4, -0.2) is 71.3 Å². The van der Waals surface area contributed by atoms with Gasteiger partial charge in [0.2, 0.25) is 0 Å². The molecule has 1 N–H and O–H groups in total. The van der Waals surface area contributed by atoms with E-state index in [9.17, 15) is 18.0 Å². The van der Waals surface area contributed by atoms with E-state index in [1.54, 1.807) is 17.4 Å². The summed E-state index contributed by atoms with van der Waals surface area (Å²) in [6.45, 7) is 3.30. The fraction of sp³-hybridized carbons (Fsp3) is 0.400. The van der Waals surface area contributed by atoms with Gasteiger partial charge in [-0.15, -0.1) is 11.3 Å². The first-order valence-corrected chi connectivity index (χ1v) is 8.35. The summed E-state index contributed by atoms with van der Waals surface area (Å²) in [5, 5.41) is 13.0. The van der Waals surface area contributed by atoms with Gasteiger partial charge in [-0.2, -0.15) is 13.2 Å². The lowest BCUT2D eigenvalue weighted by Gasteiger charge is -2.31. The van der Waals surface area contributed by atoms with Gasteiger partial charge >= 0.3 is 12.1 Å². The number of rotatable bonds is 2. The van der Waals surface area contributed by atoms with E-state index in [0.29, 0.717) is 11.5 Å². The summed E-state index contributed by atoms with van der Waals surface area (Å²) in [5.41, 5.74) is 0.396. The third-order valence-corrected chi connectivity index (χ3v) is 4.41. The summed E-state index contributed by atoms with van der Waals surface area (Å²) in [6.07, 6.45) is -5.08. The highest BCUT2D eigenvalue weighted by Gasteiger charge is 2.38. The molecule has 142 valence electrons. The average molecular weight is 391 g/mol. The summed E-state index contributed by atoms with van der Waals surface area (Å²) >= 11 is 1.57. The number of carboxylic acid groups (broad SMARTS) is 1. The molecule has 0 radical (unpaired) electrons. The van der Waals surface area contributed by atoms with E-state index in [1.165, 1.54) is 0 Å². The van der Waals surface area contributed by atoms with Gasteiger partial charge in [0, 0.05) is 32.2 Å². The van der Waals surface area contributed by atoms with Crippen molar-refractivity contribution in [3.8, 4) is 10.6 Å². The monoisotopic (exact) mass is 391 g/mol. The van der Waals surface area contributed by atoms with Gasteiger partial charge in [0.15, 0.2) is 11.5 Å². The van der Waals surface area contributed by atoms with Crippen LogP contribution in [0.2, 0.25) is 0 Å². The van der Waals surface area contributed by atoms with Crippen LogP contribution in [0.15, 0.2) is 28.1 Å². The molecule has 0 saturated carbocycles. The van der Waals surface area contributed by atoms with Gasteiger partial charge in [-0.3, -0.25) is 4.79 Å². The van der Waals surface area contributed by atoms with E-state index in [-0.39, 0.29) is 5.91 Å². The number of carbonyl (C=O) groups excluding carboxylic acids is 1. The molecule has 2 aromatic rings. The summed E-state index contributed by atoms with van der Waals surface area (Å²) < 4.78 is 37.0. The molecule has 0 unspecified atom stereocenters. The molecule has 1 aliphatic rings. The lowest BCUT2D eigenvalue weighted by Crippen LogP contribution is -2.47. The number of likely N-dealkylation sites (N-methyl/N-ethyl adjacent to an activating group) is 1. The Labute approximate surface area is 150 Å². The maximum absolute atomic E-state index is 12.3. The van der Waals surface area contributed by atoms with Crippen molar-refractivity contribution in [1.29, 1.82) is 0 Å². The van der Waals surface area contributed by atoms with Gasteiger partial charge in [0.25, 0.3) is 5.91 Å². The SMILES string of the molecule is CN1CCN(C(=O)c2cc(-c3cccs3)on2)CC1.O=C(O)C(F)(F)F. The van der Waals surface area contributed by atoms with Crippen molar-refractivity contribution < 1.29 is 32.4 Å². The Morgan fingerprint density at radius 3 is 2.38 bits per heavy atom. The molecule has 3 heterocycles. The van der Waals surface area contributed by atoms with Crippen LogP contribution in [0.25, 0.3) is 10.6 Å². The van der Waals surface area contributed by atoms with Gasteiger partial charge in [0.05, 0.1) is 4.88 Å². The van der Waals surface area contributed by atoms with Crippen molar-refractivity contribution in [2.45, 2.75) is 6.18 Å². The number of alkyl halides is 3. The molecule has 7 nitrogen and oxygen atoms in total. The number of aromatic nitrogens is 1. The molecule has 0 spiro atoms. The minimum absolute atomic E-state index is 0.0420. The highest BCUT2D eigenvalue weighted by molar-refractivity contribution is 7.13. The normalized spacial score (nSPS) is 15.3. The maximum Gasteiger partial charge on any atom is 0.490 e. The molecule has 1 amide bonds. The second kappa shape index (κ2) is 8.32. The molecular formula is C15H16F3N3O4S. The lowest BCUT2D eigenvalue weighted by molar-refractivity contribution is -0.192. The molecule has 3 rings (SSSR count). The Morgan fingerprint density at radius 2 is 1.88 bits per heavy atom. The Morgan fingerprint density at radius 1 is 1.27 bits per heavy atom. The topological polar surface area (TPSA) is 86.9 Å². The van der Waals surface area contributed by atoms with Crippen molar-refractivity contribution >= 4 is 23.2 Å². The van der Waals surface area contributed by atoms with Crippen LogP contribution < -0.4 is 0 Å². The van der Waals surface area contributed by atoms with Gasteiger partial charge < -0.3 is 19.4 Å². The van der Waals surface area contributed by atoms with E-state index in [1.807, 2.05) is 22.4 Å². The predicted molar refractivity (Wildman–Crippen MR) is 86.9 cm³/mol. The van der Waals surface area contributed by atoms with Crippen molar-refractivity contribution in [2.24, 2.45) is 0 Å². The Hall–Kier alpha value is -2.40. The van der Waals surface area contributed by atoms with E-state index in [0.717, 1.165) is 31.1 Å². The second-order valence-electron chi connectivity index (χ2n) is 5.45. The number of hydrogen-bond acceptors (Lipinski definition) is 6. The average Bonchev–Trinajstić information content (AvgIpc) is 3.26. The molecule has 2 aromatic heterocycles. The highest BCUT2D eigenvalue weighted by atomic mass is 32.1. The van der Waals surface area contributed by atoms with E-state index >= 15 is 0 Å². The van der Waals surface area contributed by atoms with Crippen LogP contribution in [-0.2, 0) is 4.79 Å². The predicted octanol–water partition coefficient (Wildman–Crippen LogP) is 2.42.